The monoisotopic (exact) mass is 335 g/mol. The van der Waals surface area contributed by atoms with Gasteiger partial charge >= 0.3 is 0 Å². The molecule has 0 fully saturated rings. The van der Waals surface area contributed by atoms with Crippen molar-refractivity contribution >= 4 is 23.1 Å². The lowest BCUT2D eigenvalue weighted by Gasteiger charge is -2.09. The Kier molecular flexibility index (Phi) is 4.28. The summed E-state index contributed by atoms with van der Waals surface area (Å²) >= 11 is 0. The number of para-hydroxylation sites is 1. The van der Waals surface area contributed by atoms with Crippen molar-refractivity contribution in [2.75, 3.05) is 0 Å². The lowest BCUT2D eigenvalue weighted by atomic mass is 10.0. The predicted molar refractivity (Wildman–Crippen MR) is 114 cm³/mol. The van der Waals surface area contributed by atoms with E-state index in [2.05, 4.69) is 97.0 Å². The van der Waals surface area contributed by atoms with Gasteiger partial charge in [-0.3, -0.25) is 0 Å². The van der Waals surface area contributed by atoms with Crippen LogP contribution in [0.4, 0.5) is 0 Å². The summed E-state index contributed by atoms with van der Waals surface area (Å²) in [7, 11) is 0. The molecule has 1 aromatic heterocycles. The van der Waals surface area contributed by atoms with Crippen molar-refractivity contribution in [3.63, 3.8) is 0 Å². The molecule has 0 N–H and O–H groups in total. The minimum atomic E-state index is 1.16. The molecule has 1 heteroatoms. The maximum atomic E-state index is 4.09. The number of nitrogens with zero attached hydrogens (tertiary/aromatic N) is 1. The highest BCUT2D eigenvalue weighted by atomic mass is 15.0. The highest BCUT2D eigenvalue weighted by molar-refractivity contribution is 5.97. The third-order valence-corrected chi connectivity index (χ3v) is 4.69. The third kappa shape index (κ3) is 2.68. The predicted octanol–water partition coefficient (Wildman–Crippen LogP) is 6.97. The average molecular weight is 335 g/mol. The van der Waals surface area contributed by atoms with Crippen LogP contribution in [0.25, 0.3) is 39.9 Å². The molecule has 126 valence electrons. The Morgan fingerprint density at radius 2 is 1.50 bits per heavy atom. The molecular formula is C25H21N. The molecule has 3 aromatic carbocycles. The van der Waals surface area contributed by atoms with Gasteiger partial charge in [-0.1, -0.05) is 73.3 Å². The summed E-state index contributed by atoms with van der Waals surface area (Å²) in [5, 5.41) is 1.22. The number of fused-ring (bicyclic) bond motifs is 1. The molecule has 4 aromatic rings. The summed E-state index contributed by atoms with van der Waals surface area (Å²) in [6.07, 6.45) is 6.21. The van der Waals surface area contributed by atoms with Crippen LogP contribution in [-0.2, 0) is 0 Å². The van der Waals surface area contributed by atoms with E-state index in [-0.39, 0.29) is 0 Å². The summed E-state index contributed by atoms with van der Waals surface area (Å²) in [5.41, 5.74) is 7.13. The molecule has 26 heavy (non-hydrogen) atoms. The Labute approximate surface area is 154 Å². The van der Waals surface area contributed by atoms with E-state index in [0.717, 1.165) is 11.4 Å². The minimum absolute atomic E-state index is 1.16. The first-order valence-corrected chi connectivity index (χ1v) is 8.88. The number of hydrogen-bond acceptors (Lipinski definition) is 0. The Balaban J connectivity index is 2.05. The van der Waals surface area contributed by atoms with E-state index in [1.165, 1.54) is 27.6 Å². The van der Waals surface area contributed by atoms with Gasteiger partial charge in [0.15, 0.2) is 0 Å². The lowest BCUT2D eigenvalue weighted by Crippen LogP contribution is -1.96. The molecule has 0 radical (unpaired) electrons. The Morgan fingerprint density at radius 3 is 2.15 bits per heavy atom. The molecule has 0 aliphatic carbocycles. The van der Waals surface area contributed by atoms with Crippen LogP contribution >= 0.6 is 0 Å². The van der Waals surface area contributed by atoms with Crippen LogP contribution in [0, 0.1) is 0 Å². The SMILES string of the molecule is C=Cc1c(/C=C\C)n(-c2ccccc2)c2ccc(-c3ccccc3)cc12. The molecular weight excluding hydrogens is 314 g/mol. The summed E-state index contributed by atoms with van der Waals surface area (Å²) in [6, 6.07) is 27.7. The molecule has 0 aliphatic rings. The van der Waals surface area contributed by atoms with E-state index in [1.54, 1.807) is 0 Å². The third-order valence-electron chi connectivity index (χ3n) is 4.69. The zero-order valence-electron chi connectivity index (χ0n) is 14.9. The number of aromatic nitrogens is 1. The van der Waals surface area contributed by atoms with Crippen LogP contribution in [0.5, 0.6) is 0 Å². The first-order valence-electron chi connectivity index (χ1n) is 8.88. The van der Waals surface area contributed by atoms with E-state index < -0.39 is 0 Å². The molecule has 1 nitrogen and oxygen atoms in total. The molecule has 0 atom stereocenters. The standard InChI is InChI=1S/C25H21N/c1-3-11-24-22(4-2)23-18-20(19-12-7-5-8-13-19)16-17-25(23)26(24)21-14-9-6-10-15-21/h3-18H,2H2,1H3/b11-3-. The molecule has 1 heterocycles. The molecule has 0 aliphatic heterocycles. The molecule has 0 spiro atoms. The lowest BCUT2D eigenvalue weighted by molar-refractivity contribution is 1.10. The van der Waals surface area contributed by atoms with Gasteiger partial charge in [-0.15, -0.1) is 0 Å². The van der Waals surface area contributed by atoms with E-state index in [4.69, 9.17) is 0 Å². The highest BCUT2D eigenvalue weighted by Crippen LogP contribution is 2.34. The maximum Gasteiger partial charge on any atom is 0.0541 e. The van der Waals surface area contributed by atoms with E-state index in [0.29, 0.717) is 0 Å². The van der Waals surface area contributed by atoms with Crippen LogP contribution < -0.4 is 0 Å². The zero-order chi connectivity index (χ0) is 17.9. The van der Waals surface area contributed by atoms with Gasteiger partial charge in [0.25, 0.3) is 0 Å². The average Bonchev–Trinajstić information content (AvgIpc) is 3.02. The van der Waals surface area contributed by atoms with Crippen molar-refractivity contribution in [3.05, 3.63) is 103 Å². The smallest absolute Gasteiger partial charge is 0.0541 e. The fourth-order valence-corrected chi connectivity index (χ4v) is 3.54. The van der Waals surface area contributed by atoms with Gasteiger partial charge in [-0.2, -0.15) is 0 Å². The number of allylic oxidation sites excluding steroid dienone is 1. The van der Waals surface area contributed by atoms with Crippen molar-refractivity contribution in [3.8, 4) is 16.8 Å². The summed E-state index contributed by atoms with van der Waals surface area (Å²) in [5.74, 6) is 0. The fourth-order valence-electron chi connectivity index (χ4n) is 3.54. The fraction of sp³-hybridized carbons (Fsp3) is 0.0400. The van der Waals surface area contributed by atoms with Crippen LogP contribution in [0.3, 0.4) is 0 Å². The van der Waals surface area contributed by atoms with Gasteiger partial charge in [0.2, 0.25) is 0 Å². The summed E-state index contributed by atoms with van der Waals surface area (Å²) in [6.45, 7) is 6.14. The largest absolute Gasteiger partial charge is 0.309 e. The van der Waals surface area contributed by atoms with Crippen molar-refractivity contribution in [1.29, 1.82) is 0 Å². The van der Waals surface area contributed by atoms with Gasteiger partial charge in [-0.05, 0) is 48.4 Å². The molecule has 0 amide bonds. The van der Waals surface area contributed by atoms with E-state index in [9.17, 15) is 0 Å². The first-order chi connectivity index (χ1) is 12.8. The van der Waals surface area contributed by atoms with Crippen molar-refractivity contribution in [2.45, 2.75) is 6.92 Å². The second-order valence-corrected chi connectivity index (χ2v) is 6.27. The Hall–Kier alpha value is -3.32. The van der Waals surface area contributed by atoms with Gasteiger partial charge in [0.1, 0.15) is 0 Å². The van der Waals surface area contributed by atoms with Gasteiger partial charge in [0, 0.05) is 16.6 Å². The molecule has 0 bridgehead atoms. The number of benzene rings is 3. The zero-order valence-corrected chi connectivity index (χ0v) is 14.9. The summed E-state index contributed by atoms with van der Waals surface area (Å²) < 4.78 is 2.31. The van der Waals surface area contributed by atoms with Gasteiger partial charge in [0.05, 0.1) is 11.2 Å². The summed E-state index contributed by atoms with van der Waals surface area (Å²) in [4.78, 5) is 0. The quantitative estimate of drug-likeness (QED) is 0.379. The highest BCUT2D eigenvalue weighted by Gasteiger charge is 2.15. The second kappa shape index (κ2) is 6.89. The normalized spacial score (nSPS) is 11.3. The topological polar surface area (TPSA) is 4.93 Å². The van der Waals surface area contributed by atoms with Gasteiger partial charge in [-0.25, -0.2) is 0 Å². The van der Waals surface area contributed by atoms with Crippen molar-refractivity contribution in [1.82, 2.24) is 4.57 Å². The Morgan fingerprint density at radius 1 is 0.808 bits per heavy atom. The minimum Gasteiger partial charge on any atom is -0.309 e. The second-order valence-electron chi connectivity index (χ2n) is 6.27. The molecule has 0 unspecified atom stereocenters. The van der Waals surface area contributed by atoms with E-state index in [1.807, 2.05) is 18.2 Å². The molecule has 0 saturated carbocycles. The van der Waals surface area contributed by atoms with Crippen LogP contribution in [0.1, 0.15) is 18.2 Å². The van der Waals surface area contributed by atoms with Crippen molar-refractivity contribution in [2.24, 2.45) is 0 Å². The van der Waals surface area contributed by atoms with Crippen LogP contribution in [0.2, 0.25) is 0 Å². The Bertz CT molecular complexity index is 1080. The maximum absolute atomic E-state index is 4.09. The molecule has 0 saturated heterocycles. The number of hydrogen-bond donors (Lipinski definition) is 0. The van der Waals surface area contributed by atoms with Crippen molar-refractivity contribution < 1.29 is 0 Å². The van der Waals surface area contributed by atoms with Gasteiger partial charge < -0.3 is 4.57 Å². The number of rotatable bonds is 4. The molecule has 4 rings (SSSR count). The first kappa shape index (κ1) is 16.2. The van der Waals surface area contributed by atoms with Crippen LogP contribution in [0.15, 0.2) is 91.5 Å². The van der Waals surface area contributed by atoms with E-state index >= 15 is 0 Å². The van der Waals surface area contributed by atoms with Crippen LogP contribution in [-0.4, -0.2) is 4.57 Å².